The van der Waals surface area contributed by atoms with Crippen molar-refractivity contribution < 1.29 is 0 Å². The third-order valence-electron chi connectivity index (χ3n) is 2.89. The molecule has 1 aromatic rings. The van der Waals surface area contributed by atoms with Crippen molar-refractivity contribution in [2.24, 2.45) is 0 Å². The Kier molecular flexibility index (Phi) is 3.36. The summed E-state index contributed by atoms with van der Waals surface area (Å²) in [5, 5.41) is 3.84. The number of rotatable bonds is 4. The molecule has 0 saturated heterocycles. The van der Waals surface area contributed by atoms with Crippen LogP contribution in [0.15, 0.2) is 12.4 Å². The summed E-state index contributed by atoms with van der Waals surface area (Å²) in [5.41, 5.74) is 0. The van der Waals surface area contributed by atoms with Gasteiger partial charge in [0.2, 0.25) is 5.95 Å². The minimum absolute atomic E-state index is 0.406. The lowest BCUT2D eigenvalue weighted by Gasteiger charge is -2.40. The van der Waals surface area contributed by atoms with Gasteiger partial charge in [0.15, 0.2) is 0 Å². The van der Waals surface area contributed by atoms with E-state index in [1.54, 1.807) is 12.4 Å². The molecule has 0 amide bonds. The average Bonchev–Trinajstić information content (AvgIpc) is 2.20. The van der Waals surface area contributed by atoms with Crippen molar-refractivity contribution in [3.63, 3.8) is 0 Å². The maximum atomic E-state index is 5.71. The fourth-order valence-electron chi connectivity index (χ4n) is 1.67. The summed E-state index contributed by atoms with van der Waals surface area (Å²) >= 11 is 7.65. The summed E-state index contributed by atoms with van der Waals surface area (Å²) in [6.45, 7) is 0.940. The van der Waals surface area contributed by atoms with Gasteiger partial charge in [-0.2, -0.15) is 11.8 Å². The highest BCUT2D eigenvalue weighted by molar-refractivity contribution is 8.00. The van der Waals surface area contributed by atoms with Gasteiger partial charge < -0.3 is 5.32 Å². The Morgan fingerprint density at radius 3 is 2.60 bits per heavy atom. The molecule has 0 atom stereocenters. The standard InChI is InChI=1S/C10H14ClN3S/c1-15-10(3-2-4-10)7-14-9-12-5-8(11)6-13-9/h5-6H,2-4,7H2,1H3,(H,12,13,14). The highest BCUT2D eigenvalue weighted by Crippen LogP contribution is 2.42. The Hall–Kier alpha value is -0.480. The van der Waals surface area contributed by atoms with Crippen molar-refractivity contribution in [1.29, 1.82) is 0 Å². The largest absolute Gasteiger partial charge is 0.353 e. The van der Waals surface area contributed by atoms with Crippen LogP contribution in [0, 0.1) is 0 Å². The van der Waals surface area contributed by atoms with E-state index in [2.05, 4.69) is 21.5 Å². The van der Waals surface area contributed by atoms with Gasteiger partial charge in [-0.15, -0.1) is 0 Å². The summed E-state index contributed by atoms with van der Waals surface area (Å²) in [6.07, 6.45) is 9.31. The number of hydrogen-bond acceptors (Lipinski definition) is 4. The molecule has 1 aromatic heterocycles. The molecular formula is C10H14ClN3S. The SMILES string of the molecule is CSC1(CNc2ncc(Cl)cn2)CCC1. The number of halogens is 1. The fraction of sp³-hybridized carbons (Fsp3) is 0.600. The van der Waals surface area contributed by atoms with Crippen LogP contribution < -0.4 is 5.32 Å². The summed E-state index contributed by atoms with van der Waals surface area (Å²) in [7, 11) is 0. The molecule has 0 unspecified atom stereocenters. The van der Waals surface area contributed by atoms with Crippen molar-refractivity contribution in [2.75, 3.05) is 18.1 Å². The van der Waals surface area contributed by atoms with Crippen LogP contribution in [0.25, 0.3) is 0 Å². The first-order chi connectivity index (χ1) is 7.24. The zero-order chi connectivity index (χ0) is 10.7. The molecule has 1 N–H and O–H groups in total. The van der Waals surface area contributed by atoms with E-state index in [-0.39, 0.29) is 0 Å². The van der Waals surface area contributed by atoms with Crippen LogP contribution in [0.1, 0.15) is 19.3 Å². The van der Waals surface area contributed by atoms with Gasteiger partial charge in [0.05, 0.1) is 17.4 Å². The molecule has 2 rings (SSSR count). The van der Waals surface area contributed by atoms with Crippen LogP contribution >= 0.6 is 23.4 Å². The van der Waals surface area contributed by atoms with Gasteiger partial charge in [0.1, 0.15) is 0 Å². The molecule has 0 aliphatic heterocycles. The molecule has 1 aliphatic rings. The van der Waals surface area contributed by atoms with Gasteiger partial charge in [-0.1, -0.05) is 18.0 Å². The van der Waals surface area contributed by atoms with E-state index in [9.17, 15) is 0 Å². The van der Waals surface area contributed by atoms with E-state index < -0.39 is 0 Å². The van der Waals surface area contributed by atoms with Gasteiger partial charge in [0, 0.05) is 11.3 Å². The molecule has 1 fully saturated rings. The molecule has 0 aromatic carbocycles. The molecule has 5 heteroatoms. The quantitative estimate of drug-likeness (QED) is 0.883. The molecule has 1 aliphatic carbocycles. The molecule has 0 bridgehead atoms. The number of nitrogens with zero attached hydrogens (tertiary/aromatic N) is 2. The van der Waals surface area contributed by atoms with Gasteiger partial charge in [-0.25, -0.2) is 9.97 Å². The number of anilines is 1. The highest BCUT2D eigenvalue weighted by atomic mass is 35.5. The lowest BCUT2D eigenvalue weighted by atomic mass is 9.84. The maximum Gasteiger partial charge on any atom is 0.222 e. The summed E-state index contributed by atoms with van der Waals surface area (Å²) in [4.78, 5) is 8.22. The Labute approximate surface area is 99.0 Å². The van der Waals surface area contributed by atoms with Crippen molar-refractivity contribution >= 4 is 29.3 Å². The van der Waals surface area contributed by atoms with E-state index in [4.69, 9.17) is 11.6 Å². The molecule has 82 valence electrons. The molecule has 0 spiro atoms. The van der Waals surface area contributed by atoms with Gasteiger partial charge in [-0.3, -0.25) is 0 Å². The van der Waals surface area contributed by atoms with Crippen molar-refractivity contribution in [3.8, 4) is 0 Å². The summed E-state index contributed by atoms with van der Waals surface area (Å²) < 4.78 is 0.406. The number of hydrogen-bond donors (Lipinski definition) is 1. The minimum atomic E-state index is 0.406. The fourth-order valence-corrected chi connectivity index (χ4v) is 2.68. The molecule has 3 nitrogen and oxygen atoms in total. The lowest BCUT2D eigenvalue weighted by molar-refractivity contribution is 0.379. The third kappa shape index (κ3) is 2.55. The number of nitrogens with one attached hydrogen (secondary N) is 1. The van der Waals surface area contributed by atoms with Gasteiger partial charge >= 0.3 is 0 Å². The molecule has 1 saturated carbocycles. The van der Waals surface area contributed by atoms with Crippen molar-refractivity contribution in [3.05, 3.63) is 17.4 Å². The van der Waals surface area contributed by atoms with Crippen LogP contribution in [-0.2, 0) is 0 Å². The Balaban J connectivity index is 1.90. The second-order valence-corrected chi connectivity index (χ2v) is 5.53. The summed E-state index contributed by atoms with van der Waals surface area (Å²) in [5.74, 6) is 0.666. The number of thioether (sulfide) groups is 1. The smallest absolute Gasteiger partial charge is 0.222 e. The lowest BCUT2D eigenvalue weighted by Crippen LogP contribution is -2.40. The monoisotopic (exact) mass is 243 g/mol. The third-order valence-corrected chi connectivity index (χ3v) is 4.50. The Morgan fingerprint density at radius 1 is 1.47 bits per heavy atom. The van der Waals surface area contributed by atoms with Crippen LogP contribution in [0.3, 0.4) is 0 Å². The molecular weight excluding hydrogens is 230 g/mol. The highest BCUT2D eigenvalue weighted by Gasteiger charge is 2.35. The first-order valence-electron chi connectivity index (χ1n) is 5.01. The van der Waals surface area contributed by atoms with Crippen LogP contribution in [-0.4, -0.2) is 27.5 Å². The van der Waals surface area contributed by atoms with E-state index in [1.165, 1.54) is 19.3 Å². The number of aromatic nitrogens is 2. The summed E-state index contributed by atoms with van der Waals surface area (Å²) in [6, 6.07) is 0. The average molecular weight is 244 g/mol. The zero-order valence-electron chi connectivity index (χ0n) is 8.66. The topological polar surface area (TPSA) is 37.8 Å². The van der Waals surface area contributed by atoms with E-state index >= 15 is 0 Å². The van der Waals surface area contributed by atoms with Crippen LogP contribution in [0.5, 0.6) is 0 Å². The molecule has 0 radical (unpaired) electrons. The van der Waals surface area contributed by atoms with E-state index in [1.807, 2.05) is 11.8 Å². The second-order valence-electron chi connectivity index (χ2n) is 3.82. The predicted octanol–water partition coefficient (Wildman–Crippen LogP) is 2.83. The molecule has 1 heterocycles. The Morgan fingerprint density at radius 2 is 2.13 bits per heavy atom. The van der Waals surface area contributed by atoms with Crippen LogP contribution in [0.4, 0.5) is 5.95 Å². The van der Waals surface area contributed by atoms with E-state index in [0.717, 1.165) is 6.54 Å². The van der Waals surface area contributed by atoms with Gasteiger partial charge in [0.25, 0.3) is 0 Å². The van der Waals surface area contributed by atoms with Crippen molar-refractivity contribution in [2.45, 2.75) is 24.0 Å². The van der Waals surface area contributed by atoms with E-state index in [0.29, 0.717) is 15.7 Å². The van der Waals surface area contributed by atoms with Gasteiger partial charge in [-0.05, 0) is 19.1 Å². The maximum absolute atomic E-state index is 5.71. The predicted molar refractivity (Wildman–Crippen MR) is 65.6 cm³/mol. The minimum Gasteiger partial charge on any atom is -0.353 e. The zero-order valence-corrected chi connectivity index (χ0v) is 10.2. The Bertz CT molecular complexity index is 318. The normalized spacial score (nSPS) is 18.3. The first-order valence-corrected chi connectivity index (χ1v) is 6.61. The van der Waals surface area contributed by atoms with Crippen LogP contribution in [0.2, 0.25) is 5.02 Å². The first kappa shape index (κ1) is 11.0. The second kappa shape index (κ2) is 4.58. The van der Waals surface area contributed by atoms with Crippen molar-refractivity contribution in [1.82, 2.24) is 9.97 Å². The molecule has 15 heavy (non-hydrogen) atoms.